The number of hydrogen-bond acceptors (Lipinski definition) is 2. The molecule has 6 heteroatoms. The molecule has 2 aromatic heterocycles. The van der Waals surface area contributed by atoms with Crippen LogP contribution in [0, 0.1) is 0 Å². The van der Waals surface area contributed by atoms with Crippen molar-refractivity contribution >= 4 is 11.0 Å². The summed E-state index contributed by atoms with van der Waals surface area (Å²) >= 11 is 0. The van der Waals surface area contributed by atoms with Crippen LogP contribution in [0.2, 0.25) is 0 Å². The lowest BCUT2D eigenvalue weighted by Crippen LogP contribution is -2.18. The predicted octanol–water partition coefficient (Wildman–Crippen LogP) is 3.40. The first-order valence-corrected chi connectivity index (χ1v) is 6.11. The van der Waals surface area contributed by atoms with E-state index in [0.717, 1.165) is 12.1 Å². The Morgan fingerprint density at radius 1 is 1.00 bits per heavy atom. The second-order valence-electron chi connectivity index (χ2n) is 4.47. The molecule has 0 fully saturated rings. The molecule has 3 nitrogen and oxygen atoms in total. The quantitative estimate of drug-likeness (QED) is 0.688. The van der Waals surface area contributed by atoms with Gasteiger partial charge in [0.2, 0.25) is 0 Å². The standard InChI is InChI=1S/C15H9F3N2O/c16-15(17,18)11-4-1-5-12(9-11)20-13(21)7-6-10-3-2-8-19-14(10)20/h1-9H. The first kappa shape index (κ1) is 13.4. The summed E-state index contributed by atoms with van der Waals surface area (Å²) in [4.78, 5) is 16.1. The minimum atomic E-state index is -4.46. The van der Waals surface area contributed by atoms with Crippen molar-refractivity contribution in [1.82, 2.24) is 9.55 Å². The first-order valence-electron chi connectivity index (χ1n) is 6.11. The molecule has 0 saturated heterocycles. The summed E-state index contributed by atoms with van der Waals surface area (Å²) in [5.74, 6) is 0. The fourth-order valence-electron chi connectivity index (χ4n) is 2.14. The van der Waals surface area contributed by atoms with Crippen LogP contribution in [-0.4, -0.2) is 9.55 Å². The highest BCUT2D eigenvalue weighted by Gasteiger charge is 2.30. The first-order chi connectivity index (χ1) is 9.97. The van der Waals surface area contributed by atoms with Crippen molar-refractivity contribution in [3.05, 3.63) is 70.6 Å². The zero-order valence-corrected chi connectivity index (χ0v) is 10.6. The van der Waals surface area contributed by atoms with Crippen LogP contribution in [0.25, 0.3) is 16.7 Å². The zero-order chi connectivity index (χ0) is 15.0. The van der Waals surface area contributed by atoms with Gasteiger partial charge in [-0.1, -0.05) is 6.07 Å². The Labute approximate surface area is 117 Å². The number of benzene rings is 1. The summed E-state index contributed by atoms with van der Waals surface area (Å²) in [5.41, 5.74) is -0.774. The van der Waals surface area contributed by atoms with Crippen molar-refractivity contribution in [2.24, 2.45) is 0 Å². The Bertz CT molecular complexity index is 868. The lowest BCUT2D eigenvalue weighted by molar-refractivity contribution is -0.137. The number of alkyl halides is 3. The van der Waals surface area contributed by atoms with Gasteiger partial charge in [0, 0.05) is 17.6 Å². The summed E-state index contributed by atoms with van der Waals surface area (Å²) in [6.45, 7) is 0. The van der Waals surface area contributed by atoms with Crippen LogP contribution in [0.3, 0.4) is 0 Å². The molecule has 106 valence electrons. The number of pyridine rings is 2. The minimum absolute atomic E-state index is 0.138. The van der Waals surface area contributed by atoms with Crippen LogP contribution >= 0.6 is 0 Å². The summed E-state index contributed by atoms with van der Waals surface area (Å²) in [5, 5.41) is 0.675. The van der Waals surface area contributed by atoms with E-state index in [-0.39, 0.29) is 5.69 Å². The molecule has 0 aliphatic heterocycles. The zero-order valence-electron chi connectivity index (χ0n) is 10.6. The number of rotatable bonds is 1. The Morgan fingerprint density at radius 2 is 1.81 bits per heavy atom. The van der Waals surface area contributed by atoms with Gasteiger partial charge in [-0.05, 0) is 36.4 Å². The summed E-state index contributed by atoms with van der Waals surface area (Å²) in [6.07, 6.45) is -2.97. The van der Waals surface area contributed by atoms with Crippen molar-refractivity contribution in [2.75, 3.05) is 0 Å². The normalized spacial score (nSPS) is 11.8. The van der Waals surface area contributed by atoms with Crippen molar-refractivity contribution in [3.63, 3.8) is 0 Å². The number of halogens is 3. The third kappa shape index (κ3) is 2.40. The topological polar surface area (TPSA) is 34.9 Å². The molecule has 0 amide bonds. The molecule has 0 aliphatic carbocycles. The fraction of sp³-hybridized carbons (Fsp3) is 0.0667. The molecule has 3 rings (SSSR count). The number of hydrogen-bond donors (Lipinski definition) is 0. The summed E-state index contributed by atoms with van der Waals surface area (Å²) in [7, 11) is 0. The van der Waals surface area contributed by atoms with Crippen molar-refractivity contribution < 1.29 is 13.2 Å². The molecule has 0 spiro atoms. The monoisotopic (exact) mass is 290 g/mol. The molecule has 21 heavy (non-hydrogen) atoms. The smallest absolute Gasteiger partial charge is 0.269 e. The molecule has 0 unspecified atom stereocenters. The van der Waals surface area contributed by atoms with Crippen molar-refractivity contribution in [2.45, 2.75) is 6.18 Å². The maximum Gasteiger partial charge on any atom is 0.416 e. The Balaban J connectivity index is 2.31. The van der Waals surface area contributed by atoms with Gasteiger partial charge in [-0.2, -0.15) is 13.2 Å². The molecule has 1 aromatic carbocycles. The molecule has 3 aromatic rings. The number of aromatic nitrogens is 2. The van der Waals surface area contributed by atoms with E-state index in [4.69, 9.17) is 0 Å². The van der Waals surface area contributed by atoms with Crippen LogP contribution in [-0.2, 0) is 6.18 Å². The third-order valence-corrected chi connectivity index (χ3v) is 3.09. The molecule has 0 bridgehead atoms. The average molecular weight is 290 g/mol. The van der Waals surface area contributed by atoms with Gasteiger partial charge in [0.05, 0.1) is 11.3 Å². The predicted molar refractivity (Wildman–Crippen MR) is 72.3 cm³/mol. The third-order valence-electron chi connectivity index (χ3n) is 3.09. The SMILES string of the molecule is O=c1ccc2cccnc2n1-c1cccc(C(F)(F)F)c1. The van der Waals surface area contributed by atoms with Crippen molar-refractivity contribution in [1.29, 1.82) is 0 Å². The summed E-state index contributed by atoms with van der Waals surface area (Å²) < 4.78 is 39.6. The maximum atomic E-state index is 12.8. The molecule has 2 heterocycles. The van der Waals surface area contributed by atoms with Crippen LogP contribution in [0.15, 0.2) is 59.5 Å². The van der Waals surface area contributed by atoms with Crippen molar-refractivity contribution in [3.8, 4) is 5.69 Å². The molecule has 0 N–H and O–H groups in total. The highest BCUT2D eigenvalue weighted by atomic mass is 19.4. The second-order valence-corrected chi connectivity index (χ2v) is 4.47. The molecule has 0 atom stereocenters. The van der Waals surface area contributed by atoms with Gasteiger partial charge < -0.3 is 0 Å². The second kappa shape index (κ2) is 4.73. The molecule has 0 aliphatic rings. The van der Waals surface area contributed by atoms with Gasteiger partial charge in [-0.3, -0.25) is 9.36 Å². The van der Waals surface area contributed by atoms with Gasteiger partial charge in [0.1, 0.15) is 5.65 Å². The number of fused-ring (bicyclic) bond motifs is 1. The molecular formula is C15H9F3N2O. The maximum absolute atomic E-state index is 12.8. The van der Waals surface area contributed by atoms with Crippen LogP contribution in [0.5, 0.6) is 0 Å². The lowest BCUT2D eigenvalue weighted by Gasteiger charge is -2.12. The Hall–Kier alpha value is -2.63. The van der Waals surface area contributed by atoms with E-state index in [1.165, 1.54) is 29.0 Å². The largest absolute Gasteiger partial charge is 0.416 e. The van der Waals surface area contributed by atoms with Gasteiger partial charge in [-0.25, -0.2) is 4.98 Å². The Morgan fingerprint density at radius 3 is 2.57 bits per heavy atom. The molecular weight excluding hydrogens is 281 g/mol. The highest BCUT2D eigenvalue weighted by Crippen LogP contribution is 2.30. The van der Waals surface area contributed by atoms with E-state index in [2.05, 4.69) is 4.98 Å². The number of nitrogens with zero attached hydrogens (tertiary/aromatic N) is 2. The van der Waals surface area contributed by atoms with Gasteiger partial charge in [-0.15, -0.1) is 0 Å². The van der Waals surface area contributed by atoms with Gasteiger partial charge in [0.15, 0.2) is 0 Å². The van der Waals surface area contributed by atoms with Gasteiger partial charge >= 0.3 is 6.18 Å². The van der Waals surface area contributed by atoms with E-state index < -0.39 is 17.3 Å². The van der Waals surface area contributed by atoms with Crippen LogP contribution < -0.4 is 5.56 Å². The van der Waals surface area contributed by atoms with E-state index >= 15 is 0 Å². The molecule has 0 radical (unpaired) electrons. The Kier molecular flexibility index (Phi) is 3.01. The van der Waals surface area contributed by atoms with Crippen LogP contribution in [0.1, 0.15) is 5.56 Å². The summed E-state index contributed by atoms with van der Waals surface area (Å²) in [6, 6.07) is 11.0. The van der Waals surface area contributed by atoms with E-state index in [0.29, 0.717) is 11.0 Å². The van der Waals surface area contributed by atoms with E-state index in [1.54, 1.807) is 18.2 Å². The molecule has 0 saturated carbocycles. The minimum Gasteiger partial charge on any atom is -0.269 e. The highest BCUT2D eigenvalue weighted by molar-refractivity contribution is 5.76. The van der Waals surface area contributed by atoms with E-state index in [9.17, 15) is 18.0 Å². The lowest BCUT2D eigenvalue weighted by atomic mass is 10.2. The fourth-order valence-corrected chi connectivity index (χ4v) is 2.14. The van der Waals surface area contributed by atoms with E-state index in [1.807, 2.05) is 0 Å². The van der Waals surface area contributed by atoms with Crippen LogP contribution in [0.4, 0.5) is 13.2 Å². The average Bonchev–Trinajstić information content (AvgIpc) is 2.46. The van der Waals surface area contributed by atoms with Gasteiger partial charge in [0.25, 0.3) is 5.56 Å².